The molecule has 0 bridgehead atoms. The zero-order valence-corrected chi connectivity index (χ0v) is 13.3. The first-order valence-corrected chi connectivity index (χ1v) is 7.16. The summed E-state index contributed by atoms with van der Waals surface area (Å²) in [4.78, 5) is 23.5. The molecule has 0 aromatic heterocycles. The molecule has 6 nitrogen and oxygen atoms in total. The number of amides is 1. The van der Waals surface area contributed by atoms with Gasteiger partial charge in [0.2, 0.25) is 0 Å². The number of aromatic hydroxyl groups is 1. The Bertz CT molecular complexity index is 767. The highest BCUT2D eigenvalue weighted by molar-refractivity contribution is 9.10. The highest BCUT2D eigenvalue weighted by Gasteiger charge is 2.15. The van der Waals surface area contributed by atoms with Crippen molar-refractivity contribution in [3.63, 3.8) is 0 Å². The number of benzene rings is 2. The molecule has 0 aliphatic carbocycles. The Kier molecular flexibility index (Phi) is 5.17. The molecule has 2 aromatic rings. The van der Waals surface area contributed by atoms with Gasteiger partial charge in [0.15, 0.2) is 6.61 Å². The second-order valence-corrected chi connectivity index (χ2v) is 5.44. The number of phenolic OH excluding ortho intramolecular Hbond substituents is 1. The van der Waals surface area contributed by atoms with Crippen molar-refractivity contribution in [1.29, 1.82) is 0 Å². The van der Waals surface area contributed by atoms with E-state index in [1.807, 2.05) is 0 Å². The lowest BCUT2D eigenvalue weighted by Crippen LogP contribution is -2.21. The van der Waals surface area contributed by atoms with Gasteiger partial charge in [0.1, 0.15) is 11.6 Å². The van der Waals surface area contributed by atoms with Crippen LogP contribution in [-0.4, -0.2) is 23.6 Å². The second-order valence-electron chi connectivity index (χ2n) is 4.52. The van der Waals surface area contributed by atoms with E-state index in [2.05, 4.69) is 21.2 Å². The van der Waals surface area contributed by atoms with Crippen LogP contribution in [0.2, 0.25) is 0 Å². The SMILES string of the molecule is Nc1ccc(O)cc1C(=O)OCC(=O)Nc1ccc(Br)cc1F. The van der Waals surface area contributed by atoms with Crippen molar-refractivity contribution in [2.45, 2.75) is 0 Å². The monoisotopic (exact) mass is 382 g/mol. The van der Waals surface area contributed by atoms with Crippen molar-refractivity contribution >= 4 is 39.2 Å². The van der Waals surface area contributed by atoms with Gasteiger partial charge in [-0.25, -0.2) is 9.18 Å². The number of ether oxygens (including phenoxy) is 1. The van der Waals surface area contributed by atoms with Gasteiger partial charge < -0.3 is 20.9 Å². The first-order chi connectivity index (χ1) is 10.9. The summed E-state index contributed by atoms with van der Waals surface area (Å²) < 4.78 is 18.9. The predicted molar refractivity (Wildman–Crippen MR) is 85.5 cm³/mol. The minimum atomic E-state index is -0.871. The largest absolute Gasteiger partial charge is 0.508 e. The molecule has 0 atom stereocenters. The van der Waals surface area contributed by atoms with Crippen molar-refractivity contribution in [2.24, 2.45) is 0 Å². The lowest BCUT2D eigenvalue weighted by Gasteiger charge is -2.09. The van der Waals surface area contributed by atoms with E-state index in [0.29, 0.717) is 4.47 Å². The third kappa shape index (κ3) is 4.43. The van der Waals surface area contributed by atoms with E-state index in [1.54, 1.807) is 6.07 Å². The number of nitrogens with one attached hydrogen (secondary N) is 1. The normalized spacial score (nSPS) is 10.2. The van der Waals surface area contributed by atoms with Gasteiger partial charge in [-0.2, -0.15) is 0 Å². The minimum Gasteiger partial charge on any atom is -0.508 e. The number of esters is 1. The smallest absolute Gasteiger partial charge is 0.340 e. The maximum atomic E-state index is 13.6. The molecule has 0 saturated carbocycles. The van der Waals surface area contributed by atoms with Crippen LogP contribution in [0.5, 0.6) is 5.75 Å². The summed E-state index contributed by atoms with van der Waals surface area (Å²) in [5, 5.41) is 11.6. The van der Waals surface area contributed by atoms with E-state index in [4.69, 9.17) is 10.5 Å². The number of carbonyl (C=O) groups is 2. The molecule has 0 spiro atoms. The summed E-state index contributed by atoms with van der Waals surface area (Å²) in [6, 6.07) is 7.89. The molecule has 120 valence electrons. The zero-order valence-electron chi connectivity index (χ0n) is 11.7. The first-order valence-electron chi connectivity index (χ1n) is 6.37. The average molecular weight is 383 g/mol. The number of phenols is 1. The van der Waals surface area contributed by atoms with Crippen molar-refractivity contribution in [3.8, 4) is 5.75 Å². The third-order valence-electron chi connectivity index (χ3n) is 2.80. The molecule has 8 heteroatoms. The number of nitrogens with two attached hydrogens (primary N) is 1. The van der Waals surface area contributed by atoms with Crippen LogP contribution in [0.3, 0.4) is 0 Å². The molecule has 0 unspecified atom stereocenters. The van der Waals surface area contributed by atoms with Crippen LogP contribution < -0.4 is 11.1 Å². The average Bonchev–Trinajstić information content (AvgIpc) is 2.50. The summed E-state index contributed by atoms with van der Waals surface area (Å²) in [6.07, 6.45) is 0. The Morgan fingerprint density at radius 2 is 2.00 bits per heavy atom. The van der Waals surface area contributed by atoms with Gasteiger partial charge >= 0.3 is 5.97 Å². The number of anilines is 2. The molecule has 0 heterocycles. The number of hydrogen-bond acceptors (Lipinski definition) is 5. The standard InChI is InChI=1S/C15H12BrFN2O4/c16-8-1-4-13(11(17)5-8)19-14(21)7-23-15(22)10-6-9(20)2-3-12(10)18/h1-6,20H,7,18H2,(H,19,21). The maximum Gasteiger partial charge on any atom is 0.340 e. The van der Waals surface area contributed by atoms with Gasteiger partial charge in [0.05, 0.1) is 11.3 Å². The Hall–Kier alpha value is -2.61. The highest BCUT2D eigenvalue weighted by Crippen LogP contribution is 2.20. The van der Waals surface area contributed by atoms with Gasteiger partial charge in [-0.3, -0.25) is 4.79 Å². The highest BCUT2D eigenvalue weighted by atomic mass is 79.9. The predicted octanol–water partition coefficient (Wildman–Crippen LogP) is 2.67. The lowest BCUT2D eigenvalue weighted by molar-refractivity contribution is -0.119. The van der Waals surface area contributed by atoms with E-state index in [0.717, 1.165) is 6.07 Å². The van der Waals surface area contributed by atoms with Gasteiger partial charge in [-0.15, -0.1) is 0 Å². The van der Waals surface area contributed by atoms with Gasteiger partial charge in [-0.05, 0) is 36.4 Å². The quantitative estimate of drug-likeness (QED) is 0.428. The molecule has 0 fully saturated rings. The van der Waals surface area contributed by atoms with Gasteiger partial charge in [0.25, 0.3) is 5.91 Å². The number of halogens is 2. The van der Waals surface area contributed by atoms with E-state index in [1.165, 1.54) is 24.3 Å². The zero-order chi connectivity index (χ0) is 17.0. The third-order valence-corrected chi connectivity index (χ3v) is 3.29. The van der Waals surface area contributed by atoms with Crippen molar-refractivity contribution in [3.05, 3.63) is 52.3 Å². The van der Waals surface area contributed by atoms with Crippen molar-refractivity contribution < 1.29 is 23.8 Å². The Labute approximate surface area is 139 Å². The fraction of sp³-hybridized carbons (Fsp3) is 0.0667. The molecule has 0 saturated heterocycles. The maximum absolute atomic E-state index is 13.6. The lowest BCUT2D eigenvalue weighted by atomic mass is 10.2. The number of nitrogen functional groups attached to an aromatic ring is 1. The van der Waals surface area contributed by atoms with E-state index in [9.17, 15) is 19.1 Å². The van der Waals surface area contributed by atoms with E-state index < -0.39 is 24.3 Å². The molecule has 2 aromatic carbocycles. The van der Waals surface area contributed by atoms with E-state index in [-0.39, 0.29) is 22.7 Å². The summed E-state index contributed by atoms with van der Waals surface area (Å²) in [5.41, 5.74) is 5.59. The van der Waals surface area contributed by atoms with Crippen LogP contribution in [0, 0.1) is 5.82 Å². The summed E-state index contributed by atoms with van der Waals surface area (Å²) >= 11 is 3.10. The molecule has 23 heavy (non-hydrogen) atoms. The molecule has 4 N–H and O–H groups in total. The molecular formula is C15H12BrFN2O4. The molecular weight excluding hydrogens is 371 g/mol. The molecule has 0 aliphatic heterocycles. The summed E-state index contributed by atoms with van der Waals surface area (Å²) in [6.45, 7) is -0.622. The Morgan fingerprint density at radius 1 is 1.26 bits per heavy atom. The number of carbonyl (C=O) groups excluding carboxylic acids is 2. The van der Waals surface area contributed by atoms with Gasteiger partial charge in [-0.1, -0.05) is 15.9 Å². The molecule has 1 amide bonds. The summed E-state index contributed by atoms with van der Waals surface area (Å²) in [7, 11) is 0. The van der Waals surface area contributed by atoms with Crippen LogP contribution in [0.1, 0.15) is 10.4 Å². The second kappa shape index (κ2) is 7.10. The van der Waals surface area contributed by atoms with Gasteiger partial charge in [0, 0.05) is 10.2 Å². The topological polar surface area (TPSA) is 102 Å². The van der Waals surface area contributed by atoms with Crippen LogP contribution in [-0.2, 0) is 9.53 Å². The van der Waals surface area contributed by atoms with Crippen LogP contribution in [0.4, 0.5) is 15.8 Å². The van der Waals surface area contributed by atoms with Crippen LogP contribution >= 0.6 is 15.9 Å². The minimum absolute atomic E-state index is 0.0360. The molecule has 2 rings (SSSR count). The molecule has 0 aliphatic rings. The number of rotatable bonds is 4. The Balaban J connectivity index is 1.96. The van der Waals surface area contributed by atoms with Crippen molar-refractivity contribution in [2.75, 3.05) is 17.7 Å². The fourth-order valence-corrected chi connectivity index (χ4v) is 2.04. The van der Waals surface area contributed by atoms with Crippen LogP contribution in [0.25, 0.3) is 0 Å². The summed E-state index contributed by atoms with van der Waals surface area (Å²) in [5.74, 6) is -2.37. The fourth-order valence-electron chi connectivity index (χ4n) is 1.71. The van der Waals surface area contributed by atoms with Crippen molar-refractivity contribution in [1.82, 2.24) is 0 Å². The Morgan fingerprint density at radius 3 is 2.70 bits per heavy atom. The first kappa shape index (κ1) is 16.8. The molecule has 0 radical (unpaired) electrons. The van der Waals surface area contributed by atoms with E-state index >= 15 is 0 Å². The number of hydrogen-bond donors (Lipinski definition) is 3. The van der Waals surface area contributed by atoms with Crippen LogP contribution in [0.15, 0.2) is 40.9 Å².